The van der Waals surface area contributed by atoms with E-state index >= 15 is 0 Å². The van der Waals surface area contributed by atoms with Gasteiger partial charge in [0.05, 0.1) is 6.20 Å². The predicted octanol–water partition coefficient (Wildman–Crippen LogP) is 3.08. The Hall–Kier alpha value is -1.65. The van der Waals surface area contributed by atoms with Crippen LogP contribution in [0.25, 0.3) is 10.1 Å². The SMILES string of the molecule is CN=C(NCCCc1cnn(C)c1)NCC(O)c1cc2ccccc2s1.I. The summed E-state index contributed by atoms with van der Waals surface area (Å²) >= 11 is 1.63. The second kappa shape index (κ2) is 10.6. The Labute approximate surface area is 180 Å². The normalized spacial score (nSPS) is 12.6. The third-order valence-electron chi connectivity index (χ3n) is 4.15. The molecular formula is C19H26IN5OS. The van der Waals surface area contributed by atoms with Gasteiger partial charge in [0.25, 0.3) is 0 Å². The molecule has 6 nitrogen and oxygen atoms in total. The Balaban J connectivity index is 0.00000261. The van der Waals surface area contributed by atoms with Gasteiger partial charge in [0.1, 0.15) is 6.10 Å². The number of aliphatic imine (C=N–C) groups is 1. The molecule has 0 aliphatic rings. The number of fused-ring (bicyclic) bond motifs is 1. The summed E-state index contributed by atoms with van der Waals surface area (Å²) in [6.07, 6.45) is 5.34. The fourth-order valence-electron chi connectivity index (χ4n) is 2.78. The van der Waals surface area contributed by atoms with E-state index in [1.807, 2.05) is 36.3 Å². The van der Waals surface area contributed by atoms with Crippen LogP contribution in [0.4, 0.5) is 0 Å². The number of nitrogens with zero attached hydrogens (tertiary/aromatic N) is 3. The highest BCUT2D eigenvalue weighted by molar-refractivity contribution is 14.0. The van der Waals surface area contributed by atoms with Crippen molar-refractivity contribution in [1.82, 2.24) is 20.4 Å². The summed E-state index contributed by atoms with van der Waals surface area (Å²) in [5.41, 5.74) is 1.23. The van der Waals surface area contributed by atoms with Crippen molar-refractivity contribution in [2.75, 3.05) is 20.1 Å². The molecule has 1 aromatic carbocycles. The number of hydrogen-bond acceptors (Lipinski definition) is 4. The molecule has 3 rings (SSSR count). The number of nitrogens with one attached hydrogen (secondary N) is 2. The summed E-state index contributed by atoms with van der Waals surface area (Å²) in [5.74, 6) is 0.705. The molecule has 0 saturated carbocycles. The average Bonchev–Trinajstić information content (AvgIpc) is 3.26. The second-order valence-electron chi connectivity index (χ2n) is 6.21. The van der Waals surface area contributed by atoms with Crippen LogP contribution in [0.2, 0.25) is 0 Å². The lowest BCUT2D eigenvalue weighted by atomic mass is 10.2. The monoisotopic (exact) mass is 499 g/mol. The first kappa shape index (κ1) is 21.6. The molecule has 2 heterocycles. The molecule has 0 radical (unpaired) electrons. The van der Waals surface area contributed by atoms with Crippen molar-refractivity contribution >= 4 is 51.4 Å². The molecule has 0 saturated heterocycles. The second-order valence-corrected chi connectivity index (χ2v) is 7.32. The number of guanidine groups is 1. The van der Waals surface area contributed by atoms with Crippen molar-refractivity contribution in [1.29, 1.82) is 0 Å². The number of benzene rings is 1. The number of aromatic nitrogens is 2. The van der Waals surface area contributed by atoms with Gasteiger partial charge < -0.3 is 15.7 Å². The number of thiophene rings is 1. The van der Waals surface area contributed by atoms with Crippen molar-refractivity contribution in [3.63, 3.8) is 0 Å². The largest absolute Gasteiger partial charge is 0.386 e. The van der Waals surface area contributed by atoms with E-state index in [0.29, 0.717) is 12.5 Å². The Morgan fingerprint density at radius 1 is 1.33 bits per heavy atom. The van der Waals surface area contributed by atoms with Crippen molar-refractivity contribution in [2.45, 2.75) is 18.9 Å². The first-order valence-electron chi connectivity index (χ1n) is 8.74. The summed E-state index contributed by atoms with van der Waals surface area (Å²) in [6.45, 7) is 1.24. The molecule has 0 aliphatic carbocycles. The standard InChI is InChI=1S/C19H25N5OS.HI/c1-20-19(21-9-5-6-14-11-23-24(2)13-14)22-12-16(25)18-10-15-7-3-4-8-17(15)26-18;/h3-4,7-8,10-11,13,16,25H,5-6,9,12H2,1-2H3,(H2,20,21,22);1H. The van der Waals surface area contributed by atoms with Crippen molar-refractivity contribution in [2.24, 2.45) is 12.0 Å². The van der Waals surface area contributed by atoms with Crippen LogP contribution in [0.1, 0.15) is 23.0 Å². The van der Waals surface area contributed by atoms with Crippen LogP contribution in [0.5, 0.6) is 0 Å². The molecule has 1 atom stereocenters. The van der Waals surface area contributed by atoms with E-state index in [4.69, 9.17) is 0 Å². The Morgan fingerprint density at radius 2 is 2.15 bits per heavy atom. The first-order valence-corrected chi connectivity index (χ1v) is 9.56. The smallest absolute Gasteiger partial charge is 0.191 e. The van der Waals surface area contributed by atoms with Gasteiger partial charge in [-0.05, 0) is 35.9 Å². The zero-order valence-corrected chi connectivity index (χ0v) is 18.7. The number of hydrogen-bond donors (Lipinski definition) is 3. The maximum atomic E-state index is 10.4. The quantitative estimate of drug-likeness (QED) is 0.202. The maximum Gasteiger partial charge on any atom is 0.191 e. The molecule has 1 unspecified atom stereocenters. The lowest BCUT2D eigenvalue weighted by molar-refractivity contribution is 0.184. The third-order valence-corrected chi connectivity index (χ3v) is 5.37. The highest BCUT2D eigenvalue weighted by Gasteiger charge is 2.12. The van der Waals surface area contributed by atoms with E-state index in [1.54, 1.807) is 18.4 Å². The number of aliphatic hydroxyl groups is 1. The first-order chi connectivity index (χ1) is 12.7. The van der Waals surface area contributed by atoms with E-state index in [-0.39, 0.29) is 24.0 Å². The minimum absolute atomic E-state index is 0. The van der Waals surface area contributed by atoms with Crippen LogP contribution in [0.3, 0.4) is 0 Å². The van der Waals surface area contributed by atoms with Gasteiger partial charge in [-0.3, -0.25) is 9.67 Å². The van der Waals surface area contributed by atoms with Crippen LogP contribution < -0.4 is 10.6 Å². The Kier molecular flexibility index (Phi) is 8.52. The third kappa shape index (κ3) is 6.18. The van der Waals surface area contributed by atoms with Crippen molar-refractivity contribution in [3.05, 3.63) is 53.2 Å². The molecule has 8 heteroatoms. The number of rotatable bonds is 7. The lowest BCUT2D eigenvalue weighted by Crippen LogP contribution is -2.39. The fraction of sp³-hybridized carbons (Fsp3) is 0.368. The summed E-state index contributed by atoms with van der Waals surface area (Å²) in [7, 11) is 3.66. The molecule has 2 aromatic heterocycles. The molecular weight excluding hydrogens is 473 g/mol. The van der Waals surface area contributed by atoms with E-state index in [1.165, 1.54) is 15.6 Å². The molecule has 0 spiro atoms. The number of aliphatic hydroxyl groups excluding tert-OH is 1. The van der Waals surface area contributed by atoms with E-state index in [2.05, 4.69) is 38.9 Å². The van der Waals surface area contributed by atoms with Crippen LogP contribution in [-0.4, -0.2) is 41.0 Å². The zero-order valence-electron chi connectivity index (χ0n) is 15.6. The minimum Gasteiger partial charge on any atom is -0.386 e. The van der Waals surface area contributed by atoms with E-state index in [0.717, 1.165) is 24.3 Å². The molecule has 3 aromatic rings. The molecule has 146 valence electrons. The summed E-state index contributed by atoms with van der Waals surface area (Å²) in [4.78, 5) is 5.18. The van der Waals surface area contributed by atoms with Crippen LogP contribution in [0, 0.1) is 0 Å². The van der Waals surface area contributed by atoms with Gasteiger partial charge in [-0.1, -0.05) is 18.2 Å². The van der Waals surface area contributed by atoms with Gasteiger partial charge in [-0.25, -0.2) is 0 Å². The molecule has 3 N–H and O–H groups in total. The number of halogens is 1. The molecule has 0 aliphatic heterocycles. The van der Waals surface area contributed by atoms with Gasteiger partial charge in [0.15, 0.2) is 5.96 Å². The average molecular weight is 499 g/mol. The number of aryl methyl sites for hydroxylation is 2. The van der Waals surface area contributed by atoms with Crippen LogP contribution >= 0.6 is 35.3 Å². The van der Waals surface area contributed by atoms with Gasteiger partial charge in [-0.2, -0.15) is 5.10 Å². The molecule has 0 bridgehead atoms. The van der Waals surface area contributed by atoms with Crippen LogP contribution in [0.15, 0.2) is 47.7 Å². The Bertz CT molecular complexity index is 843. The summed E-state index contributed by atoms with van der Waals surface area (Å²) in [6, 6.07) is 10.2. The van der Waals surface area contributed by atoms with E-state index in [9.17, 15) is 5.11 Å². The van der Waals surface area contributed by atoms with E-state index < -0.39 is 6.10 Å². The molecule has 0 fully saturated rings. The van der Waals surface area contributed by atoms with Gasteiger partial charge >= 0.3 is 0 Å². The predicted molar refractivity (Wildman–Crippen MR) is 123 cm³/mol. The van der Waals surface area contributed by atoms with Crippen molar-refractivity contribution < 1.29 is 5.11 Å². The maximum absolute atomic E-state index is 10.4. The summed E-state index contributed by atoms with van der Waals surface area (Å²) in [5, 5.41) is 22.3. The topological polar surface area (TPSA) is 74.5 Å². The zero-order chi connectivity index (χ0) is 18.4. The van der Waals surface area contributed by atoms with Crippen molar-refractivity contribution in [3.8, 4) is 0 Å². The highest BCUT2D eigenvalue weighted by Crippen LogP contribution is 2.29. The Morgan fingerprint density at radius 3 is 2.85 bits per heavy atom. The molecule has 0 amide bonds. The summed E-state index contributed by atoms with van der Waals surface area (Å²) < 4.78 is 3.01. The van der Waals surface area contributed by atoms with Gasteiger partial charge in [-0.15, -0.1) is 35.3 Å². The fourth-order valence-corrected chi connectivity index (χ4v) is 3.83. The van der Waals surface area contributed by atoms with Crippen LogP contribution in [-0.2, 0) is 13.5 Å². The minimum atomic E-state index is -0.554. The molecule has 27 heavy (non-hydrogen) atoms. The van der Waals surface area contributed by atoms with Gasteiger partial charge in [0.2, 0.25) is 0 Å². The highest BCUT2D eigenvalue weighted by atomic mass is 127. The van der Waals surface area contributed by atoms with Gasteiger partial charge in [0, 0.05) is 43.0 Å². The lowest BCUT2D eigenvalue weighted by Gasteiger charge is -2.14.